The molecule has 1 aliphatic heterocycles. The quantitative estimate of drug-likeness (QED) is 0.405. The minimum Gasteiger partial charge on any atom is -0.381 e. The molecule has 1 aliphatic rings. The van der Waals surface area contributed by atoms with Crippen LogP contribution in [0.2, 0.25) is 0 Å². The van der Waals surface area contributed by atoms with Crippen molar-refractivity contribution in [3.63, 3.8) is 0 Å². The van der Waals surface area contributed by atoms with Gasteiger partial charge in [0.25, 0.3) is 0 Å². The van der Waals surface area contributed by atoms with Crippen LogP contribution in [0.5, 0.6) is 0 Å². The Morgan fingerprint density at radius 3 is 2.90 bits per heavy atom. The Kier molecular flexibility index (Phi) is 2.62. The van der Waals surface area contributed by atoms with E-state index >= 15 is 0 Å². The average molecular weight is 145 g/mol. The molecule has 0 aromatic carbocycles. The molecule has 0 aromatic rings. The van der Waals surface area contributed by atoms with Crippen molar-refractivity contribution in [1.29, 1.82) is 0 Å². The molecule has 4 heteroatoms. The van der Waals surface area contributed by atoms with Crippen molar-refractivity contribution in [2.75, 3.05) is 13.2 Å². The second-order valence-electron chi connectivity index (χ2n) is 2.48. The fraction of sp³-hybridized carbons (Fsp3) is 1.00. The van der Waals surface area contributed by atoms with Crippen molar-refractivity contribution in [2.45, 2.75) is 25.3 Å². The second kappa shape index (κ2) is 3.51. The molecule has 0 bridgehead atoms. The van der Waals surface area contributed by atoms with Gasteiger partial charge in [0.1, 0.15) is 0 Å². The predicted molar refractivity (Wildman–Crippen MR) is 35.5 cm³/mol. The molecule has 0 saturated carbocycles. The van der Waals surface area contributed by atoms with Crippen LogP contribution in [-0.2, 0) is 4.74 Å². The summed E-state index contributed by atoms with van der Waals surface area (Å²) in [6.07, 6.45) is 2.08. The van der Waals surface area contributed by atoms with Crippen LogP contribution in [0.3, 0.4) is 0 Å². The normalized spacial score (nSPS) is 27.4. The van der Waals surface area contributed by atoms with Gasteiger partial charge in [-0.3, -0.25) is 10.1 Å². The summed E-state index contributed by atoms with van der Waals surface area (Å²) < 4.78 is 5.07. The summed E-state index contributed by atoms with van der Waals surface area (Å²) >= 11 is 0. The van der Waals surface area contributed by atoms with E-state index in [-0.39, 0.29) is 11.0 Å². The van der Waals surface area contributed by atoms with Gasteiger partial charge in [-0.05, 0) is 6.42 Å². The first kappa shape index (κ1) is 7.47. The Morgan fingerprint density at radius 2 is 2.20 bits per heavy atom. The van der Waals surface area contributed by atoms with Gasteiger partial charge in [0.2, 0.25) is 6.04 Å². The standard InChI is InChI=1S/C6H11NO3/c8-7(9)6-2-1-4-10-5-3-6/h6H,1-5H2. The van der Waals surface area contributed by atoms with Gasteiger partial charge in [0, 0.05) is 24.4 Å². The fourth-order valence-electron chi connectivity index (χ4n) is 1.10. The van der Waals surface area contributed by atoms with Crippen molar-refractivity contribution >= 4 is 0 Å². The molecule has 1 unspecified atom stereocenters. The Bertz CT molecular complexity index is 118. The lowest BCUT2D eigenvalue weighted by Gasteiger charge is -2.01. The molecule has 1 fully saturated rings. The topological polar surface area (TPSA) is 52.4 Å². The Morgan fingerprint density at radius 1 is 1.40 bits per heavy atom. The summed E-state index contributed by atoms with van der Waals surface area (Å²) in [7, 11) is 0. The minimum absolute atomic E-state index is 0.200. The van der Waals surface area contributed by atoms with Gasteiger partial charge in [-0.25, -0.2) is 0 Å². The van der Waals surface area contributed by atoms with Crippen molar-refractivity contribution in [3.05, 3.63) is 10.1 Å². The van der Waals surface area contributed by atoms with Gasteiger partial charge in [-0.1, -0.05) is 0 Å². The molecular weight excluding hydrogens is 134 g/mol. The van der Waals surface area contributed by atoms with Crippen molar-refractivity contribution < 1.29 is 9.66 Å². The van der Waals surface area contributed by atoms with E-state index in [1.807, 2.05) is 0 Å². The Hall–Kier alpha value is -0.640. The van der Waals surface area contributed by atoms with Crippen LogP contribution in [0.25, 0.3) is 0 Å². The molecule has 0 radical (unpaired) electrons. The molecule has 1 atom stereocenters. The first-order valence-corrected chi connectivity index (χ1v) is 3.52. The molecule has 1 rings (SSSR count). The van der Waals surface area contributed by atoms with Gasteiger partial charge in [-0.2, -0.15) is 0 Å². The maximum absolute atomic E-state index is 10.3. The highest BCUT2D eigenvalue weighted by Gasteiger charge is 2.21. The molecule has 1 saturated heterocycles. The highest BCUT2D eigenvalue weighted by molar-refractivity contribution is 4.59. The molecule has 0 aromatic heterocycles. The molecule has 0 amide bonds. The van der Waals surface area contributed by atoms with Crippen LogP contribution in [0.15, 0.2) is 0 Å². The Labute approximate surface area is 59.3 Å². The van der Waals surface area contributed by atoms with Crippen LogP contribution >= 0.6 is 0 Å². The van der Waals surface area contributed by atoms with Crippen molar-refractivity contribution in [2.24, 2.45) is 0 Å². The van der Waals surface area contributed by atoms with Crippen LogP contribution in [-0.4, -0.2) is 24.2 Å². The lowest BCUT2D eigenvalue weighted by molar-refractivity contribution is -0.523. The monoisotopic (exact) mass is 145 g/mol. The van der Waals surface area contributed by atoms with Gasteiger partial charge in [0.05, 0.1) is 6.61 Å². The van der Waals surface area contributed by atoms with E-state index in [0.29, 0.717) is 26.1 Å². The minimum atomic E-state index is -0.359. The van der Waals surface area contributed by atoms with E-state index in [1.54, 1.807) is 0 Å². The third-order valence-corrected chi connectivity index (χ3v) is 1.72. The van der Waals surface area contributed by atoms with Gasteiger partial charge >= 0.3 is 0 Å². The first-order chi connectivity index (χ1) is 4.80. The lowest BCUT2D eigenvalue weighted by Crippen LogP contribution is -2.19. The smallest absolute Gasteiger partial charge is 0.215 e. The summed E-state index contributed by atoms with van der Waals surface area (Å²) in [6, 6.07) is -0.359. The summed E-state index contributed by atoms with van der Waals surface area (Å²) in [6.45, 7) is 1.23. The molecule has 10 heavy (non-hydrogen) atoms. The van der Waals surface area contributed by atoms with E-state index in [4.69, 9.17) is 4.74 Å². The van der Waals surface area contributed by atoms with Crippen LogP contribution in [0.1, 0.15) is 19.3 Å². The summed E-state index contributed by atoms with van der Waals surface area (Å²) in [4.78, 5) is 10.1. The maximum atomic E-state index is 10.3. The zero-order chi connectivity index (χ0) is 7.40. The predicted octanol–water partition coefficient (Wildman–Crippen LogP) is 0.832. The van der Waals surface area contributed by atoms with Crippen LogP contribution in [0.4, 0.5) is 0 Å². The highest BCUT2D eigenvalue weighted by atomic mass is 16.6. The molecule has 58 valence electrons. The number of rotatable bonds is 1. The Balaban J connectivity index is 2.35. The molecule has 4 nitrogen and oxygen atoms in total. The molecular formula is C6H11NO3. The molecule has 0 N–H and O–H groups in total. The highest BCUT2D eigenvalue weighted by Crippen LogP contribution is 2.10. The summed E-state index contributed by atoms with van der Waals surface area (Å²) in [5.74, 6) is 0. The van der Waals surface area contributed by atoms with E-state index in [9.17, 15) is 10.1 Å². The van der Waals surface area contributed by atoms with Crippen molar-refractivity contribution in [3.8, 4) is 0 Å². The first-order valence-electron chi connectivity index (χ1n) is 3.52. The zero-order valence-corrected chi connectivity index (χ0v) is 5.78. The number of nitro groups is 1. The molecule has 0 spiro atoms. The average Bonchev–Trinajstić information content (AvgIpc) is 2.12. The molecule has 0 aliphatic carbocycles. The van der Waals surface area contributed by atoms with Crippen molar-refractivity contribution in [1.82, 2.24) is 0 Å². The SMILES string of the molecule is O=[N+]([O-])C1CCCOCC1. The fourth-order valence-corrected chi connectivity index (χ4v) is 1.10. The summed E-state index contributed by atoms with van der Waals surface area (Å²) in [5, 5.41) is 10.3. The van der Waals surface area contributed by atoms with Crippen LogP contribution < -0.4 is 0 Å². The van der Waals surface area contributed by atoms with Gasteiger partial charge < -0.3 is 4.74 Å². The summed E-state index contributed by atoms with van der Waals surface area (Å²) in [5.41, 5.74) is 0. The lowest BCUT2D eigenvalue weighted by atomic mass is 10.1. The largest absolute Gasteiger partial charge is 0.381 e. The second-order valence-corrected chi connectivity index (χ2v) is 2.48. The third kappa shape index (κ3) is 1.95. The van der Waals surface area contributed by atoms with Crippen LogP contribution in [0, 0.1) is 10.1 Å². The third-order valence-electron chi connectivity index (χ3n) is 1.72. The van der Waals surface area contributed by atoms with E-state index < -0.39 is 0 Å². The zero-order valence-electron chi connectivity index (χ0n) is 5.78. The van der Waals surface area contributed by atoms with E-state index in [0.717, 1.165) is 6.42 Å². The van der Waals surface area contributed by atoms with E-state index in [2.05, 4.69) is 0 Å². The maximum Gasteiger partial charge on any atom is 0.215 e. The number of nitrogens with zero attached hydrogens (tertiary/aromatic N) is 1. The van der Waals surface area contributed by atoms with Gasteiger partial charge in [-0.15, -0.1) is 0 Å². The number of hydrogen-bond donors (Lipinski definition) is 0. The van der Waals surface area contributed by atoms with E-state index in [1.165, 1.54) is 0 Å². The number of ether oxygens (including phenoxy) is 1. The molecule has 1 heterocycles. The number of hydrogen-bond acceptors (Lipinski definition) is 3. The van der Waals surface area contributed by atoms with Gasteiger partial charge in [0.15, 0.2) is 0 Å².